The maximum absolute atomic E-state index is 12.6. The van der Waals surface area contributed by atoms with Crippen molar-refractivity contribution in [2.24, 2.45) is 0 Å². The standard InChI is InChI=1S/C20H24N4O3S2/c25-19(18-6-3-13-21-20(18)28-16-4-1-2-5-16)23-22-14-9-11-17(12-10-14)29(26,27)24-15-7-8-15/h3,6,9-13,15-16,22,24H,1-2,4-5,7-8H2,(H,23,25). The van der Waals surface area contributed by atoms with Gasteiger partial charge in [-0.3, -0.25) is 15.6 Å². The molecule has 0 unspecified atom stereocenters. The summed E-state index contributed by atoms with van der Waals surface area (Å²) in [5.41, 5.74) is 6.64. The van der Waals surface area contributed by atoms with Gasteiger partial charge in [0.05, 0.1) is 16.1 Å². The van der Waals surface area contributed by atoms with Crippen molar-refractivity contribution < 1.29 is 13.2 Å². The molecular weight excluding hydrogens is 408 g/mol. The number of pyridine rings is 1. The number of hydrazine groups is 1. The summed E-state index contributed by atoms with van der Waals surface area (Å²) in [6.07, 6.45) is 8.26. The van der Waals surface area contributed by atoms with Gasteiger partial charge in [0.15, 0.2) is 0 Å². The molecule has 9 heteroatoms. The van der Waals surface area contributed by atoms with E-state index in [9.17, 15) is 13.2 Å². The average Bonchev–Trinajstić information content (AvgIpc) is 3.37. The van der Waals surface area contributed by atoms with E-state index in [4.69, 9.17) is 0 Å². The fraction of sp³-hybridized carbons (Fsp3) is 0.400. The Kier molecular flexibility index (Phi) is 6.07. The Morgan fingerprint density at radius 1 is 1.03 bits per heavy atom. The highest BCUT2D eigenvalue weighted by Gasteiger charge is 2.27. The maximum atomic E-state index is 12.6. The number of benzene rings is 1. The van der Waals surface area contributed by atoms with Crippen LogP contribution < -0.4 is 15.6 Å². The minimum absolute atomic E-state index is 0.0628. The van der Waals surface area contributed by atoms with Crippen molar-refractivity contribution in [3.63, 3.8) is 0 Å². The first kappa shape index (κ1) is 20.2. The zero-order valence-electron chi connectivity index (χ0n) is 15.9. The lowest BCUT2D eigenvalue weighted by molar-refractivity contribution is 0.0959. The molecule has 1 heterocycles. The van der Waals surface area contributed by atoms with Crippen LogP contribution in [0.15, 0.2) is 52.5 Å². The van der Waals surface area contributed by atoms with E-state index in [0.29, 0.717) is 16.5 Å². The first-order chi connectivity index (χ1) is 14.0. The van der Waals surface area contributed by atoms with Crippen molar-refractivity contribution in [2.75, 3.05) is 5.43 Å². The third kappa shape index (κ3) is 5.29. The van der Waals surface area contributed by atoms with E-state index in [1.807, 2.05) is 0 Å². The molecule has 2 aliphatic carbocycles. The number of carbonyl (C=O) groups excluding carboxylic acids is 1. The van der Waals surface area contributed by atoms with Crippen LogP contribution >= 0.6 is 11.8 Å². The summed E-state index contributed by atoms with van der Waals surface area (Å²) in [4.78, 5) is 17.2. The quantitative estimate of drug-likeness (QED) is 0.554. The fourth-order valence-corrected chi connectivity index (χ4v) is 5.82. The zero-order chi connectivity index (χ0) is 20.3. The van der Waals surface area contributed by atoms with E-state index < -0.39 is 10.0 Å². The summed E-state index contributed by atoms with van der Waals surface area (Å²) in [6.45, 7) is 0. The molecule has 7 nitrogen and oxygen atoms in total. The summed E-state index contributed by atoms with van der Waals surface area (Å²) in [6, 6.07) is 9.86. The second kappa shape index (κ2) is 8.73. The second-order valence-electron chi connectivity index (χ2n) is 7.38. The maximum Gasteiger partial charge on any atom is 0.272 e. The fourth-order valence-electron chi connectivity index (χ4n) is 3.22. The first-order valence-electron chi connectivity index (χ1n) is 9.82. The van der Waals surface area contributed by atoms with Gasteiger partial charge in [0, 0.05) is 17.5 Å². The van der Waals surface area contributed by atoms with Crippen LogP contribution in [0.3, 0.4) is 0 Å². The SMILES string of the molecule is O=C(NNc1ccc(S(=O)(=O)NC2CC2)cc1)c1cccnc1SC1CCCC1. The van der Waals surface area contributed by atoms with Crippen molar-refractivity contribution in [2.45, 2.75) is 59.7 Å². The summed E-state index contributed by atoms with van der Waals surface area (Å²) in [5, 5.41) is 1.26. The number of amides is 1. The molecule has 2 fully saturated rings. The summed E-state index contributed by atoms with van der Waals surface area (Å²) in [5.74, 6) is -0.273. The number of hydrogen-bond acceptors (Lipinski definition) is 6. The Morgan fingerprint density at radius 3 is 2.45 bits per heavy atom. The van der Waals surface area contributed by atoms with Crippen molar-refractivity contribution in [1.82, 2.24) is 15.1 Å². The molecule has 1 aromatic heterocycles. The molecule has 3 N–H and O–H groups in total. The highest BCUT2D eigenvalue weighted by Crippen LogP contribution is 2.35. The minimum Gasteiger partial charge on any atom is -0.298 e. The molecule has 0 saturated heterocycles. The highest BCUT2D eigenvalue weighted by atomic mass is 32.2. The number of aromatic nitrogens is 1. The predicted octanol–water partition coefficient (Wildman–Crippen LogP) is 3.31. The van der Waals surface area contributed by atoms with Crippen LogP contribution in [0.1, 0.15) is 48.9 Å². The van der Waals surface area contributed by atoms with Crippen molar-refractivity contribution >= 4 is 33.4 Å². The largest absolute Gasteiger partial charge is 0.298 e. The van der Waals surface area contributed by atoms with Gasteiger partial charge in [0.25, 0.3) is 5.91 Å². The summed E-state index contributed by atoms with van der Waals surface area (Å²) in [7, 11) is -3.48. The Labute approximate surface area is 175 Å². The number of sulfonamides is 1. The van der Waals surface area contributed by atoms with Gasteiger partial charge in [0.1, 0.15) is 5.03 Å². The van der Waals surface area contributed by atoms with Gasteiger partial charge in [-0.1, -0.05) is 12.8 Å². The molecule has 154 valence electrons. The predicted molar refractivity (Wildman–Crippen MR) is 113 cm³/mol. The summed E-state index contributed by atoms with van der Waals surface area (Å²) < 4.78 is 27.1. The lowest BCUT2D eigenvalue weighted by Gasteiger charge is -2.13. The average molecular weight is 433 g/mol. The molecule has 4 rings (SSSR count). The van der Waals surface area contributed by atoms with Crippen molar-refractivity contribution in [1.29, 1.82) is 0 Å². The van der Waals surface area contributed by atoms with E-state index >= 15 is 0 Å². The second-order valence-corrected chi connectivity index (χ2v) is 10.4. The Hall–Kier alpha value is -2.10. The molecule has 0 spiro atoms. The normalized spacial score (nSPS) is 17.2. The number of thioether (sulfide) groups is 1. The van der Waals surface area contributed by atoms with E-state index in [1.165, 1.54) is 25.0 Å². The monoisotopic (exact) mass is 432 g/mol. The Morgan fingerprint density at radius 2 is 1.76 bits per heavy atom. The van der Waals surface area contributed by atoms with Crippen LogP contribution in [0.2, 0.25) is 0 Å². The lowest BCUT2D eigenvalue weighted by Crippen LogP contribution is -2.30. The molecule has 2 aromatic rings. The van der Waals surface area contributed by atoms with Crippen LogP contribution in [0.5, 0.6) is 0 Å². The molecule has 1 aromatic carbocycles. The molecule has 0 atom stereocenters. The van der Waals surface area contributed by atoms with Crippen LogP contribution in [-0.2, 0) is 10.0 Å². The van der Waals surface area contributed by atoms with Gasteiger partial charge in [0.2, 0.25) is 10.0 Å². The molecule has 29 heavy (non-hydrogen) atoms. The van der Waals surface area contributed by atoms with Gasteiger partial charge in [-0.2, -0.15) is 0 Å². The van der Waals surface area contributed by atoms with Gasteiger partial charge in [-0.05, 0) is 62.1 Å². The zero-order valence-corrected chi connectivity index (χ0v) is 17.6. The Bertz CT molecular complexity index is 969. The molecule has 2 aliphatic rings. The van der Waals surface area contributed by atoms with Crippen LogP contribution in [-0.4, -0.2) is 30.6 Å². The Balaban J connectivity index is 1.37. The van der Waals surface area contributed by atoms with Crippen LogP contribution in [0.25, 0.3) is 0 Å². The molecule has 1 amide bonds. The third-order valence-electron chi connectivity index (χ3n) is 4.98. The van der Waals surface area contributed by atoms with E-state index in [2.05, 4.69) is 20.6 Å². The number of nitrogens with zero attached hydrogens (tertiary/aromatic N) is 1. The van der Waals surface area contributed by atoms with E-state index in [0.717, 1.165) is 30.7 Å². The van der Waals surface area contributed by atoms with Gasteiger partial charge in [-0.25, -0.2) is 18.1 Å². The first-order valence-corrected chi connectivity index (χ1v) is 12.2. The van der Waals surface area contributed by atoms with Crippen LogP contribution in [0.4, 0.5) is 5.69 Å². The van der Waals surface area contributed by atoms with E-state index in [-0.39, 0.29) is 16.8 Å². The molecule has 0 bridgehead atoms. The van der Waals surface area contributed by atoms with Crippen molar-refractivity contribution in [3.05, 3.63) is 48.2 Å². The number of carbonyl (C=O) groups is 1. The highest BCUT2D eigenvalue weighted by molar-refractivity contribution is 8.00. The number of nitrogens with one attached hydrogen (secondary N) is 3. The molecule has 0 aliphatic heterocycles. The third-order valence-corrected chi connectivity index (χ3v) is 7.87. The van der Waals surface area contributed by atoms with Gasteiger partial charge >= 0.3 is 0 Å². The molecular formula is C20H24N4O3S2. The topological polar surface area (TPSA) is 100 Å². The summed E-state index contributed by atoms with van der Waals surface area (Å²) >= 11 is 1.67. The van der Waals surface area contributed by atoms with E-state index in [1.54, 1.807) is 42.2 Å². The lowest BCUT2D eigenvalue weighted by atomic mass is 10.3. The van der Waals surface area contributed by atoms with Gasteiger partial charge < -0.3 is 0 Å². The number of anilines is 1. The molecule has 0 radical (unpaired) electrons. The minimum atomic E-state index is -3.48. The number of rotatable bonds is 8. The van der Waals surface area contributed by atoms with Gasteiger partial charge in [-0.15, -0.1) is 11.8 Å². The van der Waals surface area contributed by atoms with Crippen LogP contribution in [0, 0.1) is 0 Å². The van der Waals surface area contributed by atoms with Crippen molar-refractivity contribution in [3.8, 4) is 0 Å². The molecule has 2 saturated carbocycles. The smallest absolute Gasteiger partial charge is 0.272 e. The number of hydrogen-bond donors (Lipinski definition) is 3.